The lowest BCUT2D eigenvalue weighted by Gasteiger charge is -2.08. The number of nitrogens with zero attached hydrogens (tertiary/aromatic N) is 2. The number of anilines is 1. The number of hydrogen-bond acceptors (Lipinski definition) is 7. The van der Waals surface area contributed by atoms with Crippen LogP contribution in [0.25, 0.3) is 0 Å². The predicted molar refractivity (Wildman–Crippen MR) is 89.4 cm³/mol. The van der Waals surface area contributed by atoms with E-state index in [9.17, 15) is 13.2 Å². The summed E-state index contributed by atoms with van der Waals surface area (Å²) in [7, 11) is -3.61. The maximum Gasteiger partial charge on any atom is 0.411 e. The van der Waals surface area contributed by atoms with Crippen molar-refractivity contribution in [2.75, 3.05) is 24.2 Å². The van der Waals surface area contributed by atoms with E-state index in [2.05, 4.69) is 25.2 Å². The van der Waals surface area contributed by atoms with Gasteiger partial charge >= 0.3 is 6.09 Å². The lowest BCUT2D eigenvalue weighted by molar-refractivity contribution is 0.168. The van der Waals surface area contributed by atoms with Crippen molar-refractivity contribution in [3.63, 3.8) is 0 Å². The van der Waals surface area contributed by atoms with Crippen LogP contribution in [-0.4, -0.2) is 48.6 Å². The molecule has 24 heavy (non-hydrogen) atoms. The fraction of sp³-hybridized carbons (Fsp3) is 0.308. The lowest BCUT2D eigenvalue weighted by Crippen LogP contribution is -2.26. The zero-order valence-electron chi connectivity index (χ0n) is 12.9. The van der Waals surface area contributed by atoms with Gasteiger partial charge in [0.15, 0.2) is 5.16 Å². The Hall–Kier alpha value is -2.11. The maximum atomic E-state index is 12.2. The Labute approximate surface area is 143 Å². The molecule has 9 nitrogen and oxygen atoms in total. The molecule has 0 spiro atoms. The van der Waals surface area contributed by atoms with E-state index in [1.807, 2.05) is 0 Å². The van der Waals surface area contributed by atoms with Crippen LogP contribution >= 0.6 is 11.8 Å². The van der Waals surface area contributed by atoms with Crippen molar-refractivity contribution in [2.45, 2.75) is 17.0 Å². The fourth-order valence-corrected chi connectivity index (χ4v) is 3.47. The number of aromatic nitrogens is 3. The van der Waals surface area contributed by atoms with Gasteiger partial charge < -0.3 is 4.74 Å². The summed E-state index contributed by atoms with van der Waals surface area (Å²) < 4.78 is 31.6. The summed E-state index contributed by atoms with van der Waals surface area (Å²) in [4.78, 5) is 15.3. The van der Waals surface area contributed by atoms with Gasteiger partial charge in [0.2, 0.25) is 10.0 Å². The third-order valence-electron chi connectivity index (χ3n) is 2.71. The van der Waals surface area contributed by atoms with E-state index in [-0.39, 0.29) is 18.0 Å². The van der Waals surface area contributed by atoms with Crippen LogP contribution in [-0.2, 0) is 14.8 Å². The molecule has 2 aromatic rings. The van der Waals surface area contributed by atoms with Crippen LogP contribution in [0.3, 0.4) is 0 Å². The van der Waals surface area contributed by atoms with Crippen LogP contribution in [0.1, 0.15) is 6.92 Å². The highest BCUT2D eigenvalue weighted by atomic mass is 32.2. The SMILES string of the molecule is CCOC(=O)Nc1ccc(S(=O)(=O)NCCSc2ncn[nH]2)cc1. The molecular weight excluding hydrogens is 354 g/mol. The van der Waals surface area contributed by atoms with Crippen LogP contribution in [0.5, 0.6) is 0 Å². The normalized spacial score (nSPS) is 11.2. The second kappa shape index (κ2) is 8.66. The molecule has 2 rings (SSSR count). The molecular formula is C13H17N5O4S2. The predicted octanol–water partition coefficient (Wildman–Crippen LogP) is 1.44. The summed E-state index contributed by atoms with van der Waals surface area (Å²) in [6.07, 6.45) is 0.800. The van der Waals surface area contributed by atoms with E-state index < -0.39 is 16.1 Å². The monoisotopic (exact) mass is 371 g/mol. The van der Waals surface area contributed by atoms with Crippen molar-refractivity contribution >= 4 is 33.6 Å². The Morgan fingerprint density at radius 2 is 2.08 bits per heavy atom. The number of thioether (sulfide) groups is 1. The number of amides is 1. The highest BCUT2D eigenvalue weighted by Gasteiger charge is 2.13. The molecule has 11 heteroatoms. The molecule has 1 amide bonds. The summed E-state index contributed by atoms with van der Waals surface area (Å²) in [6, 6.07) is 5.81. The van der Waals surface area contributed by atoms with Crippen molar-refractivity contribution in [1.29, 1.82) is 0 Å². The summed E-state index contributed by atoms with van der Waals surface area (Å²) in [5.74, 6) is 0.511. The fourth-order valence-electron chi connectivity index (χ4n) is 1.67. The van der Waals surface area contributed by atoms with Crippen LogP contribution < -0.4 is 10.0 Å². The summed E-state index contributed by atoms with van der Waals surface area (Å²) in [5, 5.41) is 9.50. The Balaban J connectivity index is 1.85. The molecule has 0 bridgehead atoms. The highest BCUT2D eigenvalue weighted by Crippen LogP contribution is 2.15. The number of benzene rings is 1. The molecule has 0 fully saturated rings. The van der Waals surface area contributed by atoms with Gasteiger partial charge in [-0.1, -0.05) is 11.8 Å². The van der Waals surface area contributed by atoms with E-state index in [4.69, 9.17) is 4.74 Å². The molecule has 0 aliphatic rings. The van der Waals surface area contributed by atoms with Gasteiger partial charge in [0, 0.05) is 18.0 Å². The quantitative estimate of drug-likeness (QED) is 0.473. The van der Waals surface area contributed by atoms with Crippen LogP contribution in [0.4, 0.5) is 10.5 Å². The first-order valence-electron chi connectivity index (χ1n) is 7.03. The first kappa shape index (κ1) is 18.2. The third-order valence-corrected chi connectivity index (χ3v) is 5.07. The molecule has 0 atom stereocenters. The number of carbonyl (C=O) groups is 1. The first-order valence-corrected chi connectivity index (χ1v) is 9.50. The zero-order valence-corrected chi connectivity index (χ0v) is 14.5. The van der Waals surface area contributed by atoms with Crippen molar-refractivity contribution in [3.8, 4) is 0 Å². The lowest BCUT2D eigenvalue weighted by atomic mass is 10.3. The van der Waals surface area contributed by atoms with Gasteiger partial charge in [-0.2, -0.15) is 5.10 Å². The topological polar surface area (TPSA) is 126 Å². The molecule has 0 unspecified atom stereocenters. The molecule has 0 aliphatic heterocycles. The molecule has 0 radical (unpaired) electrons. The third kappa shape index (κ3) is 5.51. The summed E-state index contributed by atoms with van der Waals surface area (Å²) in [6.45, 7) is 2.20. The van der Waals surface area contributed by atoms with Crippen molar-refractivity contribution in [2.24, 2.45) is 0 Å². The van der Waals surface area contributed by atoms with Crippen LogP contribution in [0.15, 0.2) is 40.6 Å². The van der Waals surface area contributed by atoms with Gasteiger partial charge in [-0.15, -0.1) is 0 Å². The molecule has 0 saturated heterocycles. The number of H-pyrrole nitrogens is 1. The number of carbonyl (C=O) groups excluding carboxylic acids is 1. The molecule has 1 aromatic heterocycles. The second-order valence-electron chi connectivity index (χ2n) is 4.41. The largest absolute Gasteiger partial charge is 0.450 e. The number of sulfonamides is 1. The number of rotatable bonds is 8. The van der Waals surface area contributed by atoms with E-state index in [1.165, 1.54) is 42.4 Å². The minimum atomic E-state index is -3.61. The smallest absolute Gasteiger partial charge is 0.411 e. The average Bonchev–Trinajstić information content (AvgIpc) is 3.06. The molecule has 130 valence electrons. The van der Waals surface area contributed by atoms with Gasteiger partial charge in [-0.05, 0) is 31.2 Å². The summed E-state index contributed by atoms with van der Waals surface area (Å²) in [5.41, 5.74) is 0.452. The number of aromatic amines is 1. The number of ether oxygens (including phenoxy) is 1. The van der Waals surface area contributed by atoms with E-state index in [0.717, 1.165) is 0 Å². The van der Waals surface area contributed by atoms with Crippen LogP contribution in [0, 0.1) is 0 Å². The molecule has 0 aliphatic carbocycles. The Bertz CT molecular complexity index is 747. The van der Waals surface area contributed by atoms with Crippen molar-refractivity contribution < 1.29 is 17.9 Å². The van der Waals surface area contributed by atoms with Crippen LogP contribution in [0.2, 0.25) is 0 Å². The minimum absolute atomic E-state index is 0.113. The van der Waals surface area contributed by atoms with Crippen molar-refractivity contribution in [3.05, 3.63) is 30.6 Å². The minimum Gasteiger partial charge on any atom is -0.450 e. The Morgan fingerprint density at radius 3 is 2.71 bits per heavy atom. The van der Waals surface area contributed by atoms with E-state index in [0.29, 0.717) is 16.6 Å². The van der Waals surface area contributed by atoms with Gasteiger partial charge in [0.25, 0.3) is 0 Å². The molecule has 1 heterocycles. The highest BCUT2D eigenvalue weighted by molar-refractivity contribution is 7.99. The van der Waals surface area contributed by atoms with Gasteiger partial charge in [-0.25, -0.2) is 22.9 Å². The average molecular weight is 371 g/mol. The molecule has 1 aromatic carbocycles. The van der Waals surface area contributed by atoms with Gasteiger partial charge in [-0.3, -0.25) is 10.4 Å². The standard InChI is InChI=1S/C13H17N5O4S2/c1-2-22-13(19)17-10-3-5-11(6-4-10)24(20,21)16-7-8-23-12-14-9-15-18-12/h3-6,9,16H,2,7-8H2,1H3,(H,17,19)(H,14,15,18). The Morgan fingerprint density at radius 1 is 1.33 bits per heavy atom. The number of hydrogen-bond donors (Lipinski definition) is 3. The van der Waals surface area contributed by atoms with E-state index >= 15 is 0 Å². The maximum absolute atomic E-state index is 12.2. The first-order chi connectivity index (χ1) is 11.5. The van der Waals surface area contributed by atoms with Gasteiger partial charge in [0.1, 0.15) is 6.33 Å². The number of nitrogens with one attached hydrogen (secondary N) is 3. The zero-order chi connectivity index (χ0) is 17.4. The van der Waals surface area contributed by atoms with E-state index in [1.54, 1.807) is 6.92 Å². The Kier molecular flexibility index (Phi) is 6.58. The summed E-state index contributed by atoms with van der Waals surface area (Å²) >= 11 is 1.36. The van der Waals surface area contributed by atoms with Crippen molar-refractivity contribution in [1.82, 2.24) is 19.9 Å². The van der Waals surface area contributed by atoms with Gasteiger partial charge in [0.05, 0.1) is 11.5 Å². The second-order valence-corrected chi connectivity index (χ2v) is 7.26. The molecule has 3 N–H and O–H groups in total. The molecule has 0 saturated carbocycles.